The molecule has 0 radical (unpaired) electrons. The number of halogens is 1. The summed E-state index contributed by atoms with van der Waals surface area (Å²) in [5.41, 5.74) is 6.43. The molecule has 0 saturated carbocycles. The number of ether oxygens (including phenoxy) is 3. The minimum absolute atomic E-state index is 0.0170. The van der Waals surface area contributed by atoms with Crippen molar-refractivity contribution in [3.05, 3.63) is 76.9 Å². The van der Waals surface area contributed by atoms with Gasteiger partial charge in [0.25, 0.3) is 0 Å². The highest BCUT2D eigenvalue weighted by molar-refractivity contribution is 6.17. The van der Waals surface area contributed by atoms with E-state index in [-0.39, 0.29) is 43.0 Å². The van der Waals surface area contributed by atoms with Crippen molar-refractivity contribution in [3.8, 4) is 11.5 Å². The highest BCUT2D eigenvalue weighted by Crippen LogP contribution is 2.35. The topological polar surface area (TPSA) is 164 Å². The molecular weight excluding hydrogens is 702 g/mol. The van der Waals surface area contributed by atoms with E-state index in [2.05, 4.69) is 32.1 Å². The van der Waals surface area contributed by atoms with Crippen LogP contribution in [0.2, 0.25) is 0 Å². The van der Waals surface area contributed by atoms with E-state index < -0.39 is 0 Å². The molecule has 1 aliphatic rings. The molecule has 14 heteroatoms. The van der Waals surface area contributed by atoms with Gasteiger partial charge < -0.3 is 45.2 Å². The van der Waals surface area contributed by atoms with Crippen molar-refractivity contribution in [2.45, 2.75) is 70.5 Å². The number of para-hydroxylation sites is 1. The summed E-state index contributed by atoms with van der Waals surface area (Å²) < 4.78 is 16.2. The molecule has 2 unspecified atom stereocenters. The number of hydrogen-bond acceptors (Lipinski definition) is 10. The number of alkyl halides is 1. The molecule has 3 aromatic rings. The lowest BCUT2D eigenvalue weighted by Crippen LogP contribution is -2.36. The Hall–Kier alpha value is -5.14. The number of carbonyl (C=O) groups is 5. The third kappa shape index (κ3) is 13.1. The SMILES string of the molecule is CNC(C)C(=O)Nc1cc(CCl)cc(COc2cc(NCC3Cc4ccccc4N3C=O)c(C)cc2OC)c1.COC(=O)CCCCC(=O)NCC=O. The molecule has 0 aliphatic carbocycles. The van der Waals surface area contributed by atoms with Crippen LogP contribution in [0.25, 0.3) is 0 Å². The number of likely N-dealkylation sites (N-methyl/N-ethyl adjacent to an activating group) is 1. The van der Waals surface area contributed by atoms with Crippen LogP contribution in [0.3, 0.4) is 0 Å². The highest BCUT2D eigenvalue weighted by Gasteiger charge is 2.28. The van der Waals surface area contributed by atoms with E-state index >= 15 is 0 Å². The highest BCUT2D eigenvalue weighted by atomic mass is 35.5. The van der Waals surface area contributed by atoms with Gasteiger partial charge in [-0.05, 0) is 86.7 Å². The Bertz CT molecular complexity index is 1700. The molecule has 4 N–H and O–H groups in total. The maximum atomic E-state index is 12.4. The number of carbonyl (C=O) groups excluding carboxylic acids is 5. The molecule has 286 valence electrons. The molecule has 3 amide bonds. The molecule has 4 rings (SSSR count). The summed E-state index contributed by atoms with van der Waals surface area (Å²) in [6, 6.07) is 17.2. The van der Waals surface area contributed by atoms with Gasteiger partial charge in [0.2, 0.25) is 18.2 Å². The molecule has 0 bridgehead atoms. The lowest BCUT2D eigenvalue weighted by molar-refractivity contribution is -0.140. The summed E-state index contributed by atoms with van der Waals surface area (Å²) >= 11 is 6.12. The summed E-state index contributed by atoms with van der Waals surface area (Å²) in [6.45, 7) is 4.69. The van der Waals surface area contributed by atoms with Crippen molar-refractivity contribution >= 4 is 59.1 Å². The number of nitrogens with one attached hydrogen (secondary N) is 4. The van der Waals surface area contributed by atoms with Gasteiger partial charge in [0, 0.05) is 48.4 Å². The van der Waals surface area contributed by atoms with Crippen molar-refractivity contribution in [2.24, 2.45) is 0 Å². The largest absolute Gasteiger partial charge is 0.493 e. The third-order valence-corrected chi connectivity index (χ3v) is 8.92. The molecule has 1 aliphatic heterocycles. The first kappa shape index (κ1) is 42.3. The fourth-order valence-corrected chi connectivity index (χ4v) is 5.74. The van der Waals surface area contributed by atoms with E-state index in [0.717, 1.165) is 40.9 Å². The normalized spacial score (nSPS) is 13.4. The van der Waals surface area contributed by atoms with E-state index in [4.69, 9.17) is 21.1 Å². The standard InChI is InChI=1S/C30H35ClN4O4.C9H15NO4/c1-19-9-28(38-4)29(14-26(19)33-16-25-13-23-7-5-6-8-27(23)35(25)18-36)39-17-22-10-21(15-31)11-24(12-22)34-30(37)20(2)32-3;1-14-9(13)5-3-2-4-8(12)10-6-7-11/h5-12,14,18,20,25,32-33H,13,15-17H2,1-4H3,(H,34,37);7H,2-6H2,1H3,(H,10,12). The van der Waals surface area contributed by atoms with E-state index in [1.54, 1.807) is 26.0 Å². The van der Waals surface area contributed by atoms with Gasteiger partial charge in [-0.2, -0.15) is 0 Å². The molecule has 0 spiro atoms. The Balaban J connectivity index is 0.000000458. The summed E-state index contributed by atoms with van der Waals surface area (Å²) in [6.07, 6.45) is 4.25. The van der Waals surface area contributed by atoms with Crippen molar-refractivity contribution in [3.63, 3.8) is 0 Å². The van der Waals surface area contributed by atoms with Crippen LogP contribution in [-0.2, 0) is 47.6 Å². The zero-order valence-corrected chi connectivity index (χ0v) is 31.7. The minimum Gasteiger partial charge on any atom is -0.493 e. The van der Waals surface area contributed by atoms with Crippen molar-refractivity contribution in [1.82, 2.24) is 10.6 Å². The number of fused-ring (bicyclic) bond motifs is 1. The zero-order valence-electron chi connectivity index (χ0n) is 31.0. The van der Waals surface area contributed by atoms with Gasteiger partial charge in [0.1, 0.15) is 12.9 Å². The Morgan fingerprint density at radius 2 is 1.74 bits per heavy atom. The van der Waals surface area contributed by atoms with Crippen LogP contribution in [0.15, 0.2) is 54.6 Å². The summed E-state index contributed by atoms with van der Waals surface area (Å²) in [7, 11) is 4.68. The number of nitrogens with zero attached hydrogens (tertiary/aromatic N) is 1. The number of hydrogen-bond donors (Lipinski definition) is 4. The molecule has 0 saturated heterocycles. The molecule has 2 atom stereocenters. The molecule has 13 nitrogen and oxygen atoms in total. The number of anilines is 3. The number of benzene rings is 3. The number of esters is 1. The van der Waals surface area contributed by atoms with Gasteiger partial charge in [0.05, 0.1) is 32.8 Å². The number of rotatable bonds is 19. The predicted octanol–water partition coefficient (Wildman–Crippen LogP) is 4.90. The number of amides is 3. The van der Waals surface area contributed by atoms with Crippen molar-refractivity contribution in [2.75, 3.05) is 49.9 Å². The van der Waals surface area contributed by atoms with Gasteiger partial charge in [-0.25, -0.2) is 0 Å². The summed E-state index contributed by atoms with van der Waals surface area (Å²) in [5, 5.41) is 11.8. The van der Waals surface area contributed by atoms with Crippen LogP contribution in [-0.4, -0.2) is 76.9 Å². The van der Waals surface area contributed by atoms with Gasteiger partial charge in [-0.15, -0.1) is 11.6 Å². The van der Waals surface area contributed by atoms with Crippen molar-refractivity contribution in [1.29, 1.82) is 0 Å². The molecule has 1 heterocycles. The quantitative estimate of drug-likeness (QED) is 0.0573. The Morgan fingerprint density at radius 1 is 1.00 bits per heavy atom. The van der Waals surface area contributed by atoms with Gasteiger partial charge in [-0.1, -0.05) is 24.3 Å². The van der Waals surface area contributed by atoms with E-state index in [1.165, 1.54) is 12.7 Å². The molecule has 0 fully saturated rings. The second kappa shape index (κ2) is 22.0. The Labute approximate surface area is 316 Å². The van der Waals surface area contributed by atoms with Gasteiger partial charge in [0.15, 0.2) is 11.5 Å². The van der Waals surface area contributed by atoms with Crippen LogP contribution in [0, 0.1) is 6.92 Å². The number of aldehydes is 1. The smallest absolute Gasteiger partial charge is 0.305 e. The van der Waals surface area contributed by atoms with Crippen LogP contribution >= 0.6 is 11.6 Å². The average Bonchev–Trinajstić information content (AvgIpc) is 3.54. The number of unbranched alkanes of at least 4 members (excludes halogenated alkanes) is 1. The van der Waals surface area contributed by atoms with Gasteiger partial charge in [-0.3, -0.25) is 19.2 Å². The molecule has 53 heavy (non-hydrogen) atoms. The Kier molecular flexibility index (Phi) is 17.6. The van der Waals surface area contributed by atoms with Crippen LogP contribution in [0.4, 0.5) is 17.1 Å². The first-order valence-corrected chi connectivity index (χ1v) is 17.9. The Morgan fingerprint density at radius 3 is 2.42 bits per heavy atom. The zero-order chi connectivity index (χ0) is 38.8. The lowest BCUT2D eigenvalue weighted by Gasteiger charge is -2.23. The lowest BCUT2D eigenvalue weighted by atomic mass is 10.1. The number of aryl methyl sites for hydroxylation is 1. The fraction of sp³-hybridized carbons (Fsp3) is 0.410. The molecule has 0 aromatic heterocycles. The van der Waals surface area contributed by atoms with Gasteiger partial charge >= 0.3 is 5.97 Å². The first-order valence-electron chi connectivity index (χ1n) is 17.4. The molecule has 3 aromatic carbocycles. The minimum atomic E-state index is -0.330. The van der Waals surface area contributed by atoms with E-state index in [9.17, 15) is 24.0 Å². The van der Waals surface area contributed by atoms with Crippen LogP contribution < -0.4 is 35.6 Å². The second-order valence-corrected chi connectivity index (χ2v) is 12.7. The second-order valence-electron chi connectivity index (χ2n) is 12.4. The monoisotopic (exact) mass is 751 g/mol. The average molecular weight is 752 g/mol. The maximum absolute atomic E-state index is 12.4. The summed E-state index contributed by atoms with van der Waals surface area (Å²) in [4.78, 5) is 57.5. The first-order chi connectivity index (χ1) is 25.6. The predicted molar refractivity (Wildman–Crippen MR) is 206 cm³/mol. The maximum Gasteiger partial charge on any atom is 0.305 e. The van der Waals surface area contributed by atoms with Crippen LogP contribution in [0.1, 0.15) is 54.9 Å². The fourth-order valence-electron chi connectivity index (χ4n) is 5.59. The van der Waals surface area contributed by atoms with E-state index in [1.807, 2.05) is 55.5 Å². The van der Waals surface area contributed by atoms with E-state index in [0.29, 0.717) is 61.6 Å². The summed E-state index contributed by atoms with van der Waals surface area (Å²) in [5.74, 6) is 0.943. The third-order valence-electron chi connectivity index (χ3n) is 8.61. The van der Waals surface area contributed by atoms with Crippen LogP contribution in [0.5, 0.6) is 11.5 Å². The molecular formula is C39H50ClN5O8. The number of methoxy groups -OCH3 is 2. The van der Waals surface area contributed by atoms with Crippen molar-refractivity contribution < 1.29 is 38.2 Å².